The number of nitrogens with one attached hydrogen (secondary N) is 1. The molecule has 1 fully saturated rings. The minimum atomic E-state index is -3.62. The molecule has 18 heavy (non-hydrogen) atoms. The van der Waals surface area contributed by atoms with Crippen molar-refractivity contribution in [2.75, 3.05) is 19.6 Å². The van der Waals surface area contributed by atoms with Gasteiger partial charge in [0.25, 0.3) is 0 Å². The van der Waals surface area contributed by atoms with Gasteiger partial charge in [0.2, 0.25) is 15.9 Å². The van der Waals surface area contributed by atoms with Crippen LogP contribution in [0.4, 0.5) is 0 Å². The van der Waals surface area contributed by atoms with E-state index in [1.54, 1.807) is 18.2 Å². The van der Waals surface area contributed by atoms with Crippen molar-refractivity contribution in [3.05, 3.63) is 28.2 Å². The molecule has 1 aromatic carbocycles. The van der Waals surface area contributed by atoms with Crippen molar-refractivity contribution in [3.8, 4) is 0 Å². The van der Waals surface area contributed by atoms with Crippen molar-refractivity contribution in [1.29, 1.82) is 0 Å². The highest BCUT2D eigenvalue weighted by atomic mass is 79.9. The molecule has 0 aromatic heterocycles. The van der Waals surface area contributed by atoms with Gasteiger partial charge in [-0.25, -0.2) is 8.42 Å². The van der Waals surface area contributed by atoms with Gasteiger partial charge in [-0.1, -0.05) is 6.07 Å². The Bertz CT molecular complexity index is 586. The zero-order chi connectivity index (χ0) is 13.3. The summed E-state index contributed by atoms with van der Waals surface area (Å²) < 4.78 is 26.5. The average Bonchev–Trinajstić information content (AvgIpc) is 2.28. The van der Waals surface area contributed by atoms with Crippen molar-refractivity contribution in [2.45, 2.75) is 11.8 Å². The van der Waals surface area contributed by atoms with Crippen LogP contribution in [-0.2, 0) is 14.8 Å². The number of piperazine rings is 1. The molecule has 1 aliphatic rings. The number of aryl methyl sites for hydroxylation is 1. The number of hydrogen-bond donors (Lipinski definition) is 1. The van der Waals surface area contributed by atoms with E-state index < -0.39 is 10.0 Å². The number of nitrogens with zero attached hydrogens (tertiary/aromatic N) is 1. The summed E-state index contributed by atoms with van der Waals surface area (Å²) in [4.78, 5) is 11.5. The monoisotopic (exact) mass is 332 g/mol. The Hall–Kier alpha value is -0.920. The largest absolute Gasteiger partial charge is 0.354 e. The first kappa shape index (κ1) is 13.5. The maximum absolute atomic E-state index is 12.4. The van der Waals surface area contributed by atoms with Crippen LogP contribution < -0.4 is 5.32 Å². The van der Waals surface area contributed by atoms with E-state index >= 15 is 0 Å². The first-order valence-corrected chi connectivity index (χ1v) is 7.67. The Kier molecular flexibility index (Phi) is 3.74. The van der Waals surface area contributed by atoms with Crippen LogP contribution in [0.15, 0.2) is 27.6 Å². The highest BCUT2D eigenvalue weighted by Crippen LogP contribution is 2.26. The third kappa shape index (κ3) is 2.57. The lowest BCUT2D eigenvalue weighted by Crippen LogP contribution is -2.49. The molecule has 0 unspecified atom stereocenters. The molecule has 0 spiro atoms. The van der Waals surface area contributed by atoms with Gasteiger partial charge in [0, 0.05) is 17.6 Å². The van der Waals surface area contributed by atoms with E-state index in [-0.39, 0.29) is 17.3 Å². The molecule has 1 saturated heterocycles. The van der Waals surface area contributed by atoms with E-state index in [0.717, 1.165) is 5.56 Å². The number of rotatable bonds is 2. The Morgan fingerprint density at radius 3 is 2.72 bits per heavy atom. The van der Waals surface area contributed by atoms with Gasteiger partial charge in [0.05, 0.1) is 11.4 Å². The normalized spacial score (nSPS) is 17.6. The zero-order valence-corrected chi connectivity index (χ0v) is 12.2. The standard InChI is InChI=1S/C11H13BrN2O3S/c1-8-2-3-10(9(12)6-8)18(16,17)14-5-4-13-11(15)7-14/h2-3,6H,4-5,7H2,1H3,(H,13,15). The first-order valence-electron chi connectivity index (χ1n) is 5.44. The van der Waals surface area contributed by atoms with E-state index in [1.165, 1.54) is 4.31 Å². The Morgan fingerprint density at radius 2 is 2.11 bits per heavy atom. The fourth-order valence-corrected chi connectivity index (χ4v) is 4.32. The van der Waals surface area contributed by atoms with Crippen molar-refractivity contribution in [1.82, 2.24) is 9.62 Å². The van der Waals surface area contributed by atoms with Gasteiger partial charge in [-0.05, 0) is 40.5 Å². The lowest BCUT2D eigenvalue weighted by molar-refractivity contribution is -0.122. The molecule has 0 radical (unpaired) electrons. The van der Waals surface area contributed by atoms with E-state index in [1.807, 2.05) is 6.92 Å². The quantitative estimate of drug-likeness (QED) is 0.874. The molecule has 1 aliphatic heterocycles. The summed E-state index contributed by atoms with van der Waals surface area (Å²) in [5, 5.41) is 2.60. The van der Waals surface area contributed by atoms with Gasteiger partial charge in [-0.15, -0.1) is 0 Å². The Balaban J connectivity index is 2.38. The zero-order valence-electron chi connectivity index (χ0n) is 9.81. The summed E-state index contributed by atoms with van der Waals surface area (Å²) in [5.41, 5.74) is 0.970. The summed E-state index contributed by atoms with van der Waals surface area (Å²) >= 11 is 3.26. The molecule has 0 bridgehead atoms. The summed E-state index contributed by atoms with van der Waals surface area (Å²) in [7, 11) is -3.62. The molecule has 0 aliphatic carbocycles. The number of benzene rings is 1. The lowest BCUT2D eigenvalue weighted by Gasteiger charge is -2.26. The predicted molar refractivity (Wildman–Crippen MR) is 70.6 cm³/mol. The number of halogens is 1. The second-order valence-electron chi connectivity index (χ2n) is 4.12. The molecule has 1 heterocycles. The van der Waals surface area contributed by atoms with Gasteiger partial charge in [0.15, 0.2) is 0 Å². The maximum Gasteiger partial charge on any atom is 0.244 e. The number of carbonyl (C=O) groups excluding carboxylic acids is 1. The van der Waals surface area contributed by atoms with E-state index in [9.17, 15) is 13.2 Å². The van der Waals surface area contributed by atoms with E-state index in [4.69, 9.17) is 0 Å². The van der Waals surface area contributed by atoms with Crippen LogP contribution in [0.25, 0.3) is 0 Å². The molecule has 1 N–H and O–H groups in total. The van der Waals surface area contributed by atoms with Gasteiger partial charge in [-0.3, -0.25) is 4.79 Å². The van der Waals surface area contributed by atoms with E-state index in [2.05, 4.69) is 21.2 Å². The van der Waals surface area contributed by atoms with Crippen molar-refractivity contribution in [3.63, 3.8) is 0 Å². The van der Waals surface area contributed by atoms with Crippen LogP contribution >= 0.6 is 15.9 Å². The highest BCUT2D eigenvalue weighted by molar-refractivity contribution is 9.10. The Morgan fingerprint density at radius 1 is 1.39 bits per heavy atom. The summed E-state index contributed by atoms with van der Waals surface area (Å²) in [6.45, 7) is 2.41. The molecule has 0 atom stereocenters. The predicted octanol–water partition coefficient (Wildman–Crippen LogP) is 0.878. The molecule has 1 aromatic rings. The third-order valence-corrected chi connectivity index (χ3v) is 5.53. The molecule has 0 saturated carbocycles. The van der Waals surface area contributed by atoms with Crippen LogP contribution in [0.1, 0.15) is 5.56 Å². The smallest absolute Gasteiger partial charge is 0.244 e. The number of hydrogen-bond acceptors (Lipinski definition) is 3. The molecular formula is C11H13BrN2O3S. The molecular weight excluding hydrogens is 320 g/mol. The van der Waals surface area contributed by atoms with Crippen LogP contribution in [0.5, 0.6) is 0 Å². The van der Waals surface area contributed by atoms with Gasteiger partial charge in [-0.2, -0.15) is 4.31 Å². The lowest BCUT2D eigenvalue weighted by atomic mass is 10.2. The molecule has 2 rings (SSSR count). The topological polar surface area (TPSA) is 66.5 Å². The second kappa shape index (κ2) is 4.99. The van der Waals surface area contributed by atoms with Gasteiger partial charge >= 0.3 is 0 Å². The SMILES string of the molecule is Cc1ccc(S(=O)(=O)N2CCNC(=O)C2)c(Br)c1. The van der Waals surface area contributed by atoms with Crippen LogP contribution in [0, 0.1) is 6.92 Å². The summed E-state index contributed by atoms with van der Waals surface area (Å²) in [6.07, 6.45) is 0. The van der Waals surface area contributed by atoms with E-state index in [0.29, 0.717) is 17.6 Å². The summed E-state index contributed by atoms with van der Waals surface area (Å²) in [6, 6.07) is 5.04. The number of sulfonamides is 1. The van der Waals surface area contributed by atoms with Crippen LogP contribution in [0.3, 0.4) is 0 Å². The minimum absolute atomic E-state index is 0.122. The first-order chi connectivity index (χ1) is 8.41. The summed E-state index contributed by atoms with van der Waals surface area (Å²) in [5.74, 6) is -0.270. The van der Waals surface area contributed by atoms with Crippen LogP contribution in [0.2, 0.25) is 0 Å². The van der Waals surface area contributed by atoms with Gasteiger partial charge < -0.3 is 5.32 Å². The van der Waals surface area contributed by atoms with Crippen molar-refractivity contribution in [2.24, 2.45) is 0 Å². The minimum Gasteiger partial charge on any atom is -0.354 e. The third-order valence-electron chi connectivity index (χ3n) is 2.71. The van der Waals surface area contributed by atoms with Gasteiger partial charge in [0.1, 0.15) is 0 Å². The number of carbonyl (C=O) groups is 1. The fraction of sp³-hybridized carbons (Fsp3) is 0.364. The molecule has 1 amide bonds. The number of amides is 1. The molecule has 7 heteroatoms. The van der Waals surface area contributed by atoms with Crippen molar-refractivity contribution < 1.29 is 13.2 Å². The maximum atomic E-state index is 12.4. The Labute approximate surface area is 114 Å². The molecule has 98 valence electrons. The fourth-order valence-electron chi connectivity index (χ4n) is 1.77. The second-order valence-corrected chi connectivity index (χ2v) is 6.88. The highest BCUT2D eigenvalue weighted by Gasteiger charge is 2.30. The molecule has 5 nitrogen and oxygen atoms in total. The van der Waals surface area contributed by atoms with Crippen LogP contribution in [-0.4, -0.2) is 38.3 Å². The average molecular weight is 333 g/mol. The van der Waals surface area contributed by atoms with Crippen molar-refractivity contribution >= 4 is 31.9 Å².